The molecule has 1 atom stereocenters. The van der Waals surface area contributed by atoms with E-state index in [1.54, 1.807) is 4.90 Å². The largest absolute Gasteiger partial charge is 0.489 e. The molecule has 0 aliphatic heterocycles. The number of aromatic nitrogens is 1. The molecule has 3 aromatic carbocycles. The number of amides is 1. The first-order chi connectivity index (χ1) is 20.2. The summed E-state index contributed by atoms with van der Waals surface area (Å²) < 4.78 is 11.6. The highest BCUT2D eigenvalue weighted by Gasteiger charge is 2.23. The number of hydrogen-bond acceptors (Lipinski definition) is 5. The second kappa shape index (κ2) is 14.5. The van der Waals surface area contributed by atoms with Gasteiger partial charge in [0.15, 0.2) is 0 Å². The number of carbonyl (C=O) groups excluding carboxylic acids is 1. The van der Waals surface area contributed by atoms with Crippen LogP contribution in [0.25, 0.3) is 10.9 Å². The van der Waals surface area contributed by atoms with Crippen LogP contribution in [0, 0.1) is 0 Å². The van der Waals surface area contributed by atoms with Crippen LogP contribution in [0.2, 0.25) is 0 Å². The summed E-state index contributed by atoms with van der Waals surface area (Å²) in [4.78, 5) is 29.6. The number of carboxylic acids is 1. The van der Waals surface area contributed by atoms with Gasteiger partial charge in [-0.05, 0) is 68.5 Å². The van der Waals surface area contributed by atoms with Crippen molar-refractivity contribution in [2.45, 2.75) is 58.3 Å². The first-order valence-electron chi connectivity index (χ1n) is 14.4. The quantitative estimate of drug-likeness (QED) is 0.166. The number of ether oxygens (including phenoxy) is 2. The number of rotatable bonds is 14. The molecule has 0 unspecified atom stereocenters. The number of carbonyl (C=O) groups is 2. The minimum absolute atomic E-state index is 0.0232. The topological polar surface area (TPSA) is 104 Å². The molecule has 4 aromatic rings. The highest BCUT2D eigenvalue weighted by atomic mass is 16.6. The Morgan fingerprint density at radius 3 is 2.36 bits per heavy atom. The Labute approximate surface area is 247 Å². The number of aromatic amines is 1. The lowest BCUT2D eigenvalue weighted by Crippen LogP contribution is -2.44. The molecule has 0 aliphatic rings. The van der Waals surface area contributed by atoms with E-state index in [2.05, 4.69) is 10.3 Å². The minimum atomic E-state index is -0.868. The minimum Gasteiger partial charge on any atom is -0.489 e. The van der Waals surface area contributed by atoms with Gasteiger partial charge in [-0.15, -0.1) is 0 Å². The van der Waals surface area contributed by atoms with Crippen molar-refractivity contribution in [3.63, 3.8) is 0 Å². The van der Waals surface area contributed by atoms with Gasteiger partial charge in [0.05, 0.1) is 6.42 Å². The second-order valence-corrected chi connectivity index (χ2v) is 11.4. The molecule has 0 aliphatic carbocycles. The number of aliphatic carboxylic acids is 1. The van der Waals surface area contributed by atoms with Gasteiger partial charge in [-0.1, -0.05) is 60.7 Å². The third-order valence-corrected chi connectivity index (χ3v) is 6.87. The maximum Gasteiger partial charge on any atom is 0.410 e. The van der Waals surface area contributed by atoms with E-state index in [1.165, 1.54) is 0 Å². The van der Waals surface area contributed by atoms with Crippen LogP contribution < -0.4 is 10.1 Å². The molecule has 0 radical (unpaired) electrons. The zero-order valence-corrected chi connectivity index (χ0v) is 24.6. The van der Waals surface area contributed by atoms with E-state index in [-0.39, 0.29) is 12.5 Å². The fourth-order valence-electron chi connectivity index (χ4n) is 4.78. The van der Waals surface area contributed by atoms with Crippen molar-refractivity contribution in [3.8, 4) is 5.75 Å². The van der Waals surface area contributed by atoms with Crippen LogP contribution in [0.5, 0.6) is 5.75 Å². The van der Waals surface area contributed by atoms with Crippen LogP contribution in [0.1, 0.15) is 43.9 Å². The van der Waals surface area contributed by atoms with E-state index in [9.17, 15) is 14.7 Å². The van der Waals surface area contributed by atoms with Crippen LogP contribution in [-0.4, -0.2) is 58.3 Å². The van der Waals surface area contributed by atoms with Crippen LogP contribution >= 0.6 is 0 Å². The smallest absolute Gasteiger partial charge is 0.410 e. The molecule has 4 rings (SSSR count). The third-order valence-electron chi connectivity index (χ3n) is 6.87. The van der Waals surface area contributed by atoms with E-state index in [1.807, 2.05) is 106 Å². The van der Waals surface area contributed by atoms with Crippen molar-refractivity contribution in [3.05, 3.63) is 102 Å². The molecule has 0 saturated heterocycles. The first-order valence-corrected chi connectivity index (χ1v) is 14.4. The van der Waals surface area contributed by atoms with Gasteiger partial charge in [-0.25, -0.2) is 4.79 Å². The lowest BCUT2D eigenvalue weighted by Gasteiger charge is -2.28. The SMILES string of the molecule is CC(C)(C)OC(=O)N(CCN[C@H](CC(=O)O)Cc1c[nH]c2ccccc12)CCc1ccc(OCc2ccccc2)cc1. The van der Waals surface area contributed by atoms with Crippen LogP contribution in [-0.2, 0) is 29.0 Å². The molecule has 8 heteroatoms. The molecular formula is C34H41N3O5. The number of nitrogens with zero attached hydrogens (tertiary/aromatic N) is 1. The molecule has 0 saturated carbocycles. The van der Waals surface area contributed by atoms with Crippen LogP contribution in [0.15, 0.2) is 85.1 Å². The summed E-state index contributed by atoms with van der Waals surface area (Å²) in [5, 5.41) is 14.0. The van der Waals surface area contributed by atoms with Gasteiger partial charge in [0.2, 0.25) is 0 Å². The van der Waals surface area contributed by atoms with Crippen molar-refractivity contribution in [1.29, 1.82) is 0 Å². The average Bonchev–Trinajstić information content (AvgIpc) is 3.36. The molecule has 1 heterocycles. The number of carboxylic acid groups (broad SMARTS) is 1. The summed E-state index contributed by atoms with van der Waals surface area (Å²) in [6, 6.07) is 25.6. The predicted molar refractivity (Wildman–Crippen MR) is 165 cm³/mol. The van der Waals surface area contributed by atoms with Crippen molar-refractivity contribution in [1.82, 2.24) is 15.2 Å². The molecule has 0 spiro atoms. The summed E-state index contributed by atoms with van der Waals surface area (Å²) in [5.74, 6) is -0.0805. The van der Waals surface area contributed by atoms with Gasteiger partial charge >= 0.3 is 12.1 Å². The van der Waals surface area contributed by atoms with Gasteiger partial charge in [-0.2, -0.15) is 0 Å². The van der Waals surface area contributed by atoms with E-state index in [0.717, 1.165) is 33.3 Å². The Balaban J connectivity index is 1.34. The van der Waals surface area contributed by atoms with Crippen LogP contribution in [0.4, 0.5) is 4.79 Å². The molecule has 3 N–H and O–H groups in total. The zero-order chi connectivity index (χ0) is 30.0. The van der Waals surface area contributed by atoms with E-state index in [4.69, 9.17) is 9.47 Å². The Hall–Kier alpha value is -4.30. The van der Waals surface area contributed by atoms with Crippen LogP contribution in [0.3, 0.4) is 0 Å². The molecule has 0 bridgehead atoms. The van der Waals surface area contributed by atoms with Gasteiger partial charge in [-0.3, -0.25) is 4.79 Å². The molecule has 42 heavy (non-hydrogen) atoms. The first kappa shape index (κ1) is 30.7. The monoisotopic (exact) mass is 571 g/mol. The normalized spacial score (nSPS) is 12.2. The van der Waals surface area contributed by atoms with E-state index in [0.29, 0.717) is 39.1 Å². The van der Waals surface area contributed by atoms with Gasteiger partial charge < -0.3 is 29.8 Å². The summed E-state index contributed by atoms with van der Waals surface area (Å²) in [6.45, 7) is 7.33. The average molecular weight is 572 g/mol. The Bertz CT molecular complexity index is 1430. The second-order valence-electron chi connectivity index (χ2n) is 11.4. The number of fused-ring (bicyclic) bond motifs is 1. The molecular weight excluding hydrogens is 530 g/mol. The summed E-state index contributed by atoms with van der Waals surface area (Å²) in [5.41, 5.74) is 3.64. The number of H-pyrrole nitrogens is 1. The summed E-state index contributed by atoms with van der Waals surface area (Å²) in [7, 11) is 0. The molecule has 0 fully saturated rings. The van der Waals surface area contributed by atoms with E-state index >= 15 is 0 Å². The fourth-order valence-corrected chi connectivity index (χ4v) is 4.78. The Kier molecular flexibility index (Phi) is 10.6. The molecule has 8 nitrogen and oxygen atoms in total. The van der Waals surface area contributed by atoms with Gasteiger partial charge in [0.1, 0.15) is 18.0 Å². The predicted octanol–water partition coefficient (Wildman–Crippen LogP) is 6.20. The lowest BCUT2D eigenvalue weighted by atomic mass is 10.0. The maximum atomic E-state index is 13.1. The highest BCUT2D eigenvalue weighted by molar-refractivity contribution is 5.83. The van der Waals surface area contributed by atoms with Crippen molar-refractivity contribution < 1.29 is 24.2 Å². The molecule has 1 amide bonds. The maximum absolute atomic E-state index is 13.1. The summed E-state index contributed by atoms with van der Waals surface area (Å²) >= 11 is 0. The van der Waals surface area contributed by atoms with Crippen molar-refractivity contribution >= 4 is 23.0 Å². The standard InChI is InChI=1S/C34H41N3O5/c1-34(2,3)42-33(40)37(19-17-25-13-15-29(16-14-25)41-24-26-9-5-4-6-10-26)20-18-35-28(22-32(38)39)21-27-23-36-31-12-8-7-11-30(27)31/h4-16,23,28,35-36H,17-22,24H2,1-3H3,(H,38,39)/t28-/m0/s1. The fraction of sp³-hybridized carbons (Fsp3) is 0.353. The Morgan fingerprint density at radius 1 is 0.929 bits per heavy atom. The molecule has 1 aromatic heterocycles. The number of hydrogen-bond donors (Lipinski definition) is 3. The lowest BCUT2D eigenvalue weighted by molar-refractivity contribution is -0.137. The Morgan fingerprint density at radius 2 is 1.64 bits per heavy atom. The van der Waals surface area contributed by atoms with Gasteiger partial charge in [0.25, 0.3) is 0 Å². The number of benzene rings is 3. The van der Waals surface area contributed by atoms with E-state index < -0.39 is 17.7 Å². The third kappa shape index (κ3) is 9.66. The highest BCUT2D eigenvalue weighted by Crippen LogP contribution is 2.20. The summed E-state index contributed by atoms with van der Waals surface area (Å²) in [6.07, 6.45) is 2.73. The number of nitrogens with one attached hydrogen (secondary N) is 2. The van der Waals surface area contributed by atoms with Crippen molar-refractivity contribution in [2.75, 3.05) is 19.6 Å². The van der Waals surface area contributed by atoms with Gasteiger partial charge in [0, 0.05) is 42.8 Å². The molecule has 222 valence electrons. The van der Waals surface area contributed by atoms with Crippen molar-refractivity contribution in [2.24, 2.45) is 0 Å². The zero-order valence-electron chi connectivity index (χ0n) is 24.6. The number of para-hydroxylation sites is 1.